The molecule has 1 saturated heterocycles. The molecule has 5 heteroatoms. The zero-order chi connectivity index (χ0) is 17.0. The van der Waals surface area contributed by atoms with E-state index >= 15 is 0 Å². The van der Waals surface area contributed by atoms with E-state index in [4.69, 9.17) is 4.74 Å². The number of halogens is 1. The average molecular weight is 355 g/mol. The van der Waals surface area contributed by atoms with Crippen molar-refractivity contribution in [2.75, 3.05) is 20.1 Å². The summed E-state index contributed by atoms with van der Waals surface area (Å²) < 4.78 is 6.00. The number of benzene rings is 1. The minimum Gasteiger partial charge on any atom is -0.481 e. The van der Waals surface area contributed by atoms with Crippen LogP contribution < -0.4 is 10.1 Å². The van der Waals surface area contributed by atoms with Gasteiger partial charge in [-0.2, -0.15) is 0 Å². The molecule has 1 N–H and O–H groups in total. The number of ether oxygens (including phenoxy) is 1. The van der Waals surface area contributed by atoms with E-state index in [0.29, 0.717) is 12.0 Å². The normalized spacial score (nSPS) is 16.4. The smallest absolute Gasteiger partial charge is 0.263 e. The van der Waals surface area contributed by atoms with Crippen LogP contribution in [-0.4, -0.2) is 43.1 Å². The van der Waals surface area contributed by atoms with Crippen molar-refractivity contribution >= 4 is 18.3 Å². The third kappa shape index (κ3) is 5.12. The van der Waals surface area contributed by atoms with Crippen LogP contribution in [0.5, 0.6) is 5.75 Å². The monoisotopic (exact) mass is 354 g/mol. The van der Waals surface area contributed by atoms with Crippen molar-refractivity contribution in [3.05, 3.63) is 29.3 Å². The Morgan fingerprint density at radius 3 is 2.46 bits per heavy atom. The number of hydrogen-bond acceptors (Lipinski definition) is 3. The predicted octanol–water partition coefficient (Wildman–Crippen LogP) is 3.52. The van der Waals surface area contributed by atoms with Crippen molar-refractivity contribution in [2.24, 2.45) is 0 Å². The van der Waals surface area contributed by atoms with Gasteiger partial charge in [-0.15, -0.1) is 12.4 Å². The van der Waals surface area contributed by atoms with Crippen LogP contribution in [0, 0.1) is 6.92 Å². The highest BCUT2D eigenvalue weighted by Gasteiger charge is 2.26. The van der Waals surface area contributed by atoms with Gasteiger partial charge in [0.15, 0.2) is 6.10 Å². The Morgan fingerprint density at radius 1 is 1.25 bits per heavy atom. The molecule has 1 atom stereocenters. The first-order valence-corrected chi connectivity index (χ1v) is 8.64. The second-order valence-electron chi connectivity index (χ2n) is 6.87. The summed E-state index contributed by atoms with van der Waals surface area (Å²) in [7, 11) is 1.90. The summed E-state index contributed by atoms with van der Waals surface area (Å²) in [5, 5.41) is 3.33. The van der Waals surface area contributed by atoms with E-state index in [1.807, 2.05) is 25.8 Å². The van der Waals surface area contributed by atoms with Gasteiger partial charge in [-0.1, -0.05) is 26.0 Å². The van der Waals surface area contributed by atoms with Gasteiger partial charge in [-0.3, -0.25) is 4.79 Å². The molecule has 136 valence electrons. The highest BCUT2D eigenvalue weighted by atomic mass is 35.5. The van der Waals surface area contributed by atoms with E-state index < -0.39 is 6.10 Å². The van der Waals surface area contributed by atoms with Gasteiger partial charge in [0.1, 0.15) is 5.75 Å². The lowest BCUT2D eigenvalue weighted by Gasteiger charge is -2.33. The molecule has 0 aliphatic carbocycles. The van der Waals surface area contributed by atoms with Crippen molar-refractivity contribution in [2.45, 2.75) is 58.6 Å². The molecular weight excluding hydrogens is 324 g/mol. The van der Waals surface area contributed by atoms with Crippen LogP contribution >= 0.6 is 12.4 Å². The lowest BCUT2D eigenvalue weighted by molar-refractivity contribution is -0.139. The highest BCUT2D eigenvalue weighted by Crippen LogP contribution is 2.25. The summed E-state index contributed by atoms with van der Waals surface area (Å²) in [6.07, 6.45) is 1.56. The number of amides is 1. The second kappa shape index (κ2) is 9.28. The SMILES string of the molecule is Cc1ccc(C(C)C)cc1OC(C)C(=O)N(C)C1CCNCC1.Cl. The van der Waals surface area contributed by atoms with Crippen LogP contribution in [0.15, 0.2) is 18.2 Å². The fourth-order valence-corrected chi connectivity index (χ4v) is 3.00. The van der Waals surface area contributed by atoms with Gasteiger partial charge in [-0.05, 0) is 62.9 Å². The number of nitrogens with zero attached hydrogens (tertiary/aromatic N) is 1. The molecule has 1 unspecified atom stereocenters. The minimum atomic E-state index is -0.462. The van der Waals surface area contributed by atoms with Gasteiger partial charge in [0.25, 0.3) is 5.91 Å². The molecule has 1 aromatic rings. The van der Waals surface area contributed by atoms with Crippen molar-refractivity contribution in [1.82, 2.24) is 10.2 Å². The van der Waals surface area contributed by atoms with Crippen LogP contribution in [0.4, 0.5) is 0 Å². The van der Waals surface area contributed by atoms with E-state index in [9.17, 15) is 4.79 Å². The molecule has 1 aromatic carbocycles. The summed E-state index contributed by atoms with van der Waals surface area (Å²) in [4.78, 5) is 14.5. The number of rotatable bonds is 5. The molecule has 0 radical (unpaired) electrons. The third-order valence-electron chi connectivity index (χ3n) is 4.73. The number of piperidine rings is 1. The molecule has 1 aliphatic rings. The van der Waals surface area contributed by atoms with Gasteiger partial charge in [0.05, 0.1) is 0 Å². The first kappa shape index (κ1) is 20.8. The van der Waals surface area contributed by atoms with Crippen LogP contribution in [0.3, 0.4) is 0 Å². The van der Waals surface area contributed by atoms with Gasteiger partial charge in [0.2, 0.25) is 0 Å². The van der Waals surface area contributed by atoms with E-state index in [-0.39, 0.29) is 18.3 Å². The van der Waals surface area contributed by atoms with Crippen LogP contribution in [0.2, 0.25) is 0 Å². The van der Waals surface area contributed by atoms with Gasteiger partial charge in [0, 0.05) is 13.1 Å². The standard InChI is InChI=1S/C19H30N2O2.ClH/c1-13(2)16-7-6-14(3)18(12-16)23-15(4)19(22)21(5)17-8-10-20-11-9-17;/h6-7,12-13,15,17,20H,8-11H2,1-5H3;1H. The Hall–Kier alpha value is -1.26. The predicted molar refractivity (Wildman–Crippen MR) is 101 cm³/mol. The maximum atomic E-state index is 12.7. The number of likely N-dealkylation sites (N-methyl/N-ethyl adjacent to an activating group) is 1. The quantitative estimate of drug-likeness (QED) is 0.879. The molecule has 1 heterocycles. The molecule has 1 fully saturated rings. The van der Waals surface area contributed by atoms with Crippen LogP contribution in [0.25, 0.3) is 0 Å². The Bertz CT molecular complexity index is 542. The van der Waals surface area contributed by atoms with Gasteiger partial charge < -0.3 is 15.0 Å². The third-order valence-corrected chi connectivity index (χ3v) is 4.73. The van der Waals surface area contributed by atoms with E-state index in [1.54, 1.807) is 0 Å². The van der Waals surface area contributed by atoms with E-state index in [1.165, 1.54) is 5.56 Å². The highest BCUT2D eigenvalue weighted by molar-refractivity contribution is 5.85. The topological polar surface area (TPSA) is 41.6 Å². The van der Waals surface area contributed by atoms with Crippen molar-refractivity contribution in [1.29, 1.82) is 0 Å². The number of nitrogens with one attached hydrogen (secondary N) is 1. The number of hydrogen-bond donors (Lipinski definition) is 1. The van der Waals surface area contributed by atoms with E-state index in [2.05, 4.69) is 37.4 Å². The average Bonchev–Trinajstić information content (AvgIpc) is 2.56. The maximum Gasteiger partial charge on any atom is 0.263 e. The summed E-state index contributed by atoms with van der Waals surface area (Å²) in [6, 6.07) is 6.57. The van der Waals surface area contributed by atoms with Gasteiger partial charge >= 0.3 is 0 Å². The Morgan fingerprint density at radius 2 is 1.88 bits per heavy atom. The zero-order valence-electron chi connectivity index (χ0n) is 15.5. The lowest BCUT2D eigenvalue weighted by Crippen LogP contribution is -2.48. The molecule has 2 rings (SSSR count). The fraction of sp³-hybridized carbons (Fsp3) is 0.632. The van der Waals surface area contributed by atoms with Crippen molar-refractivity contribution in [3.63, 3.8) is 0 Å². The largest absolute Gasteiger partial charge is 0.481 e. The van der Waals surface area contributed by atoms with E-state index in [0.717, 1.165) is 37.2 Å². The van der Waals surface area contributed by atoms with Gasteiger partial charge in [-0.25, -0.2) is 0 Å². The molecule has 24 heavy (non-hydrogen) atoms. The first-order chi connectivity index (χ1) is 10.9. The van der Waals surface area contributed by atoms with Crippen LogP contribution in [-0.2, 0) is 4.79 Å². The summed E-state index contributed by atoms with van der Waals surface area (Å²) >= 11 is 0. The Kier molecular flexibility index (Phi) is 8.04. The maximum absolute atomic E-state index is 12.7. The molecule has 0 aromatic heterocycles. The number of carbonyl (C=O) groups excluding carboxylic acids is 1. The molecule has 4 nitrogen and oxygen atoms in total. The van der Waals surface area contributed by atoms with Crippen molar-refractivity contribution in [3.8, 4) is 5.75 Å². The molecule has 1 aliphatic heterocycles. The fourth-order valence-electron chi connectivity index (χ4n) is 3.00. The molecule has 0 bridgehead atoms. The number of carbonyl (C=O) groups is 1. The first-order valence-electron chi connectivity index (χ1n) is 8.64. The number of aryl methyl sites for hydroxylation is 1. The summed E-state index contributed by atoms with van der Waals surface area (Å²) in [6.45, 7) is 10.1. The molecular formula is C19H31ClN2O2. The Balaban J connectivity index is 0.00000288. The Labute approximate surface area is 152 Å². The zero-order valence-corrected chi connectivity index (χ0v) is 16.3. The molecule has 0 spiro atoms. The second-order valence-corrected chi connectivity index (χ2v) is 6.87. The molecule has 0 saturated carbocycles. The van der Waals surface area contributed by atoms with Crippen LogP contribution in [0.1, 0.15) is 50.7 Å². The summed E-state index contributed by atoms with van der Waals surface area (Å²) in [5.74, 6) is 1.32. The summed E-state index contributed by atoms with van der Waals surface area (Å²) in [5.41, 5.74) is 2.30. The molecule has 1 amide bonds. The van der Waals surface area contributed by atoms with Crippen molar-refractivity contribution < 1.29 is 9.53 Å². The lowest BCUT2D eigenvalue weighted by atomic mass is 10.0. The minimum absolute atomic E-state index is 0.